The molecule has 0 fully saturated rings. The van der Waals surface area contributed by atoms with Crippen LogP contribution in [0.25, 0.3) is 32.9 Å². The molecule has 0 saturated heterocycles. The highest BCUT2D eigenvalue weighted by atomic mass is 32.1. The summed E-state index contributed by atoms with van der Waals surface area (Å²) < 4.78 is 11.8. The van der Waals surface area contributed by atoms with Crippen LogP contribution in [0.2, 0.25) is 0 Å². The summed E-state index contributed by atoms with van der Waals surface area (Å²) in [5, 5.41) is 8.96. The molecule has 99 heavy (non-hydrogen) atoms. The third-order valence-corrected chi connectivity index (χ3v) is 18.6. The third-order valence-electron chi connectivity index (χ3n) is 17.0. The molecule has 0 amide bonds. The fourth-order valence-electron chi connectivity index (χ4n) is 9.87. The van der Waals surface area contributed by atoms with Crippen LogP contribution in [0.1, 0.15) is 130 Å². The Hall–Kier alpha value is -9.61. The molecule has 10 heteroatoms. The van der Waals surface area contributed by atoms with E-state index in [-0.39, 0.29) is 0 Å². The van der Waals surface area contributed by atoms with Crippen LogP contribution in [0, 0.1) is 145 Å². The average Bonchev–Trinajstić information content (AvgIpc) is 1.62. The van der Waals surface area contributed by atoms with E-state index in [1.165, 1.54) is 121 Å². The highest BCUT2D eigenvalue weighted by Gasteiger charge is 2.09. The Kier molecular flexibility index (Phi) is 36.1. The first-order chi connectivity index (χ1) is 47.2. The van der Waals surface area contributed by atoms with Gasteiger partial charge in [-0.05, 0) is 299 Å². The van der Waals surface area contributed by atoms with Crippen molar-refractivity contribution in [1.82, 2.24) is 29.5 Å². The van der Waals surface area contributed by atoms with Gasteiger partial charge in [0.1, 0.15) is 29.6 Å². The minimum Gasteiger partial charge on any atom is -0.472 e. The van der Waals surface area contributed by atoms with Gasteiger partial charge < -0.3 is 13.4 Å². The lowest BCUT2D eigenvalue weighted by molar-refractivity contribution is 0.534. The minimum atomic E-state index is 0.792. The summed E-state index contributed by atoms with van der Waals surface area (Å²) in [6.07, 6.45) is 7.77. The Morgan fingerprint density at radius 1 is 0.384 bits per heavy atom. The molecule has 0 bridgehead atoms. The lowest BCUT2D eigenvalue weighted by atomic mass is 9.90. The van der Waals surface area contributed by atoms with Crippen molar-refractivity contribution in [3.8, 4) is 11.1 Å². The molecule has 0 unspecified atom stereocenters. The van der Waals surface area contributed by atoms with Gasteiger partial charge in [0.25, 0.3) is 0 Å². The summed E-state index contributed by atoms with van der Waals surface area (Å²) in [5.41, 5.74) is 28.1. The largest absolute Gasteiger partial charge is 0.472 e. The second kappa shape index (κ2) is 43.6. The van der Waals surface area contributed by atoms with Crippen LogP contribution in [-0.2, 0) is 13.5 Å². The smallest absolute Gasteiger partial charge is 0.129 e. The van der Waals surface area contributed by atoms with Gasteiger partial charge in [0.05, 0.1) is 18.8 Å². The Bertz CT molecular complexity index is 4100. The summed E-state index contributed by atoms with van der Waals surface area (Å²) in [7, 11) is 2.12. The maximum atomic E-state index is 4.83. The van der Waals surface area contributed by atoms with Crippen molar-refractivity contribution in [3.05, 3.63) is 346 Å². The number of aryl methyl sites for hydroxylation is 15. The highest BCUT2D eigenvalue weighted by molar-refractivity contribution is 7.09. The van der Waals surface area contributed by atoms with Crippen LogP contribution in [0.5, 0.6) is 0 Å². The SMILES string of the molecule is CCc1ccccc1.Cc1c(C)c(C)c(C)c(C)c1C.Cc1ccc(-c2ccccc2C)cc1.Cc1cccc(C)c1C.Cc1ccco1.Cc1cccs1.Cc1ccoc1.Cc1ccsc1.Cc1nc(C)nc(C)n1.Cc1ncnc(C)c1C.Cn1c2ccccc2c2ccccc21. The average molecular weight is 1360 g/mol. The van der Waals surface area contributed by atoms with Crippen LogP contribution >= 0.6 is 22.7 Å². The number of fused-ring (bicyclic) bond motifs is 3. The first kappa shape index (κ1) is 81.8. The minimum absolute atomic E-state index is 0.792. The molecular formula is C89H108N6O2S2. The number of hydrogen-bond donors (Lipinski definition) is 0. The lowest BCUT2D eigenvalue weighted by Gasteiger charge is -2.15. The van der Waals surface area contributed by atoms with Gasteiger partial charge in [-0.3, -0.25) is 0 Å². The van der Waals surface area contributed by atoms with E-state index in [4.69, 9.17) is 8.83 Å². The summed E-state index contributed by atoms with van der Waals surface area (Å²) in [4.78, 5) is 21.5. The first-order valence-corrected chi connectivity index (χ1v) is 35.6. The molecule has 0 N–H and O–H groups in total. The fraction of sp³-hybridized carbons (Fsp3) is 0.270. The zero-order chi connectivity index (χ0) is 73.0. The van der Waals surface area contributed by atoms with Crippen molar-refractivity contribution in [1.29, 1.82) is 0 Å². The van der Waals surface area contributed by atoms with E-state index < -0.39 is 0 Å². The van der Waals surface area contributed by atoms with Gasteiger partial charge in [-0.1, -0.05) is 152 Å². The van der Waals surface area contributed by atoms with Gasteiger partial charge in [-0.25, -0.2) is 24.9 Å². The van der Waals surface area contributed by atoms with E-state index in [1.807, 2.05) is 79.7 Å². The number of para-hydroxylation sites is 2. The van der Waals surface area contributed by atoms with Crippen molar-refractivity contribution < 1.29 is 8.83 Å². The molecule has 8 nitrogen and oxygen atoms in total. The molecule has 14 rings (SSSR count). The predicted molar refractivity (Wildman–Crippen MR) is 428 cm³/mol. The summed E-state index contributed by atoms with van der Waals surface area (Å²) in [5.74, 6) is 3.34. The number of thiophene rings is 2. The maximum absolute atomic E-state index is 4.83. The number of hydrogen-bond acceptors (Lipinski definition) is 9. The molecule has 7 aromatic carbocycles. The van der Waals surface area contributed by atoms with Crippen LogP contribution in [0.4, 0.5) is 0 Å². The zero-order valence-corrected chi connectivity index (χ0v) is 65.0. The van der Waals surface area contributed by atoms with Crippen molar-refractivity contribution in [2.24, 2.45) is 7.05 Å². The Morgan fingerprint density at radius 2 is 0.869 bits per heavy atom. The molecule has 0 atom stereocenters. The van der Waals surface area contributed by atoms with Gasteiger partial charge in [0.15, 0.2) is 0 Å². The van der Waals surface area contributed by atoms with Crippen LogP contribution < -0.4 is 0 Å². The van der Waals surface area contributed by atoms with Crippen molar-refractivity contribution in [2.45, 2.75) is 159 Å². The molecule has 7 aromatic heterocycles. The summed E-state index contributed by atoms with van der Waals surface area (Å²) >= 11 is 3.52. The monoisotopic (exact) mass is 1360 g/mol. The number of rotatable bonds is 2. The first-order valence-electron chi connectivity index (χ1n) is 33.8. The second-order valence-corrected chi connectivity index (χ2v) is 26.5. The van der Waals surface area contributed by atoms with Gasteiger partial charge >= 0.3 is 0 Å². The molecule has 14 aromatic rings. The van der Waals surface area contributed by atoms with Crippen LogP contribution in [0.3, 0.4) is 0 Å². The number of benzene rings is 7. The van der Waals surface area contributed by atoms with Crippen LogP contribution in [-0.4, -0.2) is 29.5 Å². The van der Waals surface area contributed by atoms with E-state index in [0.717, 1.165) is 41.0 Å². The quantitative estimate of drug-likeness (QED) is 0.170. The van der Waals surface area contributed by atoms with Gasteiger partial charge in [-0.15, -0.1) is 11.3 Å². The maximum Gasteiger partial charge on any atom is 0.129 e. The van der Waals surface area contributed by atoms with Crippen molar-refractivity contribution in [2.75, 3.05) is 0 Å². The van der Waals surface area contributed by atoms with Gasteiger partial charge in [-0.2, -0.15) is 11.3 Å². The van der Waals surface area contributed by atoms with Crippen molar-refractivity contribution >= 4 is 44.5 Å². The highest BCUT2D eigenvalue weighted by Crippen LogP contribution is 2.28. The fourth-order valence-corrected chi connectivity index (χ4v) is 11.1. The van der Waals surface area contributed by atoms with Crippen molar-refractivity contribution in [3.63, 3.8) is 0 Å². The molecular weight excluding hydrogens is 1250 g/mol. The molecule has 0 spiro atoms. The van der Waals surface area contributed by atoms with Crippen LogP contribution in [0.15, 0.2) is 232 Å². The van der Waals surface area contributed by atoms with E-state index in [1.54, 1.807) is 47.8 Å². The summed E-state index contributed by atoms with van der Waals surface area (Å²) in [6.45, 7) is 45.8. The Labute approximate surface area is 602 Å². The van der Waals surface area contributed by atoms with E-state index >= 15 is 0 Å². The number of aromatic nitrogens is 6. The zero-order valence-electron chi connectivity index (χ0n) is 63.4. The van der Waals surface area contributed by atoms with E-state index in [9.17, 15) is 0 Å². The third kappa shape index (κ3) is 28.8. The molecule has 0 aliphatic rings. The predicted octanol–water partition coefficient (Wildman–Crippen LogP) is 25.2. The van der Waals surface area contributed by atoms with Gasteiger partial charge in [0.2, 0.25) is 0 Å². The Balaban J connectivity index is 0.000000234. The molecule has 0 aliphatic heterocycles. The molecule has 0 saturated carbocycles. The lowest BCUT2D eigenvalue weighted by Crippen LogP contribution is -1.98. The molecule has 518 valence electrons. The number of nitrogens with zero attached hydrogens (tertiary/aromatic N) is 6. The van der Waals surface area contributed by atoms with E-state index in [2.05, 4.69) is 307 Å². The molecule has 0 radical (unpaired) electrons. The Morgan fingerprint density at radius 3 is 1.19 bits per heavy atom. The number of furan rings is 2. The molecule has 0 aliphatic carbocycles. The topological polar surface area (TPSA) is 95.7 Å². The summed E-state index contributed by atoms with van der Waals surface area (Å²) in [6, 6.07) is 63.0. The normalized spacial score (nSPS) is 9.81. The van der Waals surface area contributed by atoms with Gasteiger partial charge in [0, 0.05) is 45.1 Å². The second-order valence-electron chi connectivity index (χ2n) is 24.6. The van der Waals surface area contributed by atoms with E-state index in [0.29, 0.717) is 0 Å². The molecule has 7 heterocycles. The standard InChI is InChI=1S/C14H14.C13H11N.C12H18.C9H12.C8H10.C7H10N2.C6H9N3.2C5H6O.2C5H6S/c1-11-7-9-13(10-8-11)14-6-4-3-5-12(14)2;1-14-12-8-4-2-6-10(12)11-7-3-5-9-13(11)14;1-7-8(2)10(4)12(6)11(5)9(7)3;1-7-5-4-6-8(2)9(7)3;1-2-8-6-4-3-5-7-8;1-5-6(2)8-4-9-7(5)3;1-4-7-5(2)9-6(3)8-4;1-5-2-3-6-4-5;1-5-3-2-4-6-5;1-5-2-3-6-4-5;1-5-3-2-4-6-5/h3-10H,1-2H3;2-9H,1H3;1-6H3;4-6H,1-3H3;3-7H,2H2,1H3;4H,1-3H3;1-3H3;4*2-4H,1H3.